The monoisotopic (exact) mass is 394 g/mol. The van der Waals surface area contributed by atoms with Crippen LogP contribution in [-0.4, -0.2) is 20.3 Å². The van der Waals surface area contributed by atoms with E-state index < -0.39 is 0 Å². The molecule has 0 atom stereocenters. The largest absolute Gasteiger partial charge is 0.474 e. The first-order valence-electron chi connectivity index (χ1n) is 7.41. The van der Waals surface area contributed by atoms with E-state index >= 15 is 0 Å². The number of benzene rings is 2. The number of ether oxygens (including phenoxy) is 2. The molecular formula is C18H18O2S4. The van der Waals surface area contributed by atoms with Crippen LogP contribution in [0.4, 0.5) is 0 Å². The van der Waals surface area contributed by atoms with E-state index in [0.29, 0.717) is 22.0 Å². The van der Waals surface area contributed by atoms with Gasteiger partial charge >= 0.3 is 0 Å². The van der Waals surface area contributed by atoms with Crippen LogP contribution in [0.3, 0.4) is 0 Å². The average Bonchev–Trinajstić information content (AvgIpc) is 2.63. The van der Waals surface area contributed by atoms with Crippen molar-refractivity contribution in [1.29, 1.82) is 0 Å². The van der Waals surface area contributed by atoms with Gasteiger partial charge in [-0.05, 0) is 35.6 Å². The molecule has 2 aromatic carbocycles. The topological polar surface area (TPSA) is 18.5 Å². The Bertz CT molecular complexity index is 574. The standard InChI is InChI=1S/C18H18O2S4/c21-17(19-13-15-7-3-1-4-8-15)23-11-12-24-18(22)20-14-16-9-5-2-6-10-16/h1-10H,11-14H2. The maximum atomic E-state index is 5.56. The molecule has 0 N–H and O–H groups in total. The van der Waals surface area contributed by atoms with Gasteiger partial charge in [0.2, 0.25) is 8.77 Å². The van der Waals surface area contributed by atoms with Gasteiger partial charge in [0.1, 0.15) is 13.2 Å². The van der Waals surface area contributed by atoms with Gasteiger partial charge in [0.05, 0.1) is 0 Å². The first-order valence-corrected chi connectivity index (χ1v) is 10.2. The van der Waals surface area contributed by atoms with E-state index in [1.54, 1.807) is 0 Å². The molecule has 2 rings (SSSR count). The molecule has 0 bridgehead atoms. The van der Waals surface area contributed by atoms with E-state index in [0.717, 1.165) is 22.6 Å². The van der Waals surface area contributed by atoms with E-state index in [1.807, 2.05) is 60.7 Å². The summed E-state index contributed by atoms with van der Waals surface area (Å²) in [6.45, 7) is 1.02. The second-order valence-electron chi connectivity index (χ2n) is 4.75. The van der Waals surface area contributed by atoms with Crippen molar-refractivity contribution in [3.05, 3.63) is 71.8 Å². The zero-order chi connectivity index (χ0) is 17.0. The third-order valence-electron chi connectivity index (χ3n) is 2.92. The molecule has 0 unspecified atom stereocenters. The maximum absolute atomic E-state index is 5.56. The highest BCUT2D eigenvalue weighted by molar-refractivity contribution is 8.25. The predicted octanol–water partition coefficient (Wildman–Crippen LogP) is 5.46. The van der Waals surface area contributed by atoms with Gasteiger partial charge < -0.3 is 9.47 Å². The predicted molar refractivity (Wildman–Crippen MR) is 113 cm³/mol. The Labute approximate surface area is 162 Å². The van der Waals surface area contributed by atoms with Gasteiger partial charge in [-0.2, -0.15) is 0 Å². The highest BCUT2D eigenvalue weighted by atomic mass is 32.2. The second-order valence-corrected chi connectivity index (χ2v) is 8.14. The van der Waals surface area contributed by atoms with Crippen molar-refractivity contribution in [2.24, 2.45) is 0 Å². The summed E-state index contributed by atoms with van der Waals surface area (Å²) in [7, 11) is 0. The fourth-order valence-electron chi connectivity index (χ4n) is 1.77. The van der Waals surface area contributed by atoms with Crippen LogP contribution < -0.4 is 0 Å². The van der Waals surface area contributed by atoms with Gasteiger partial charge in [-0.1, -0.05) is 84.2 Å². The Hall–Kier alpha value is -1.08. The molecule has 0 heterocycles. The van der Waals surface area contributed by atoms with Crippen molar-refractivity contribution in [1.82, 2.24) is 0 Å². The summed E-state index contributed by atoms with van der Waals surface area (Å²) in [5, 5.41) is 0. The number of hydrogen-bond donors (Lipinski definition) is 0. The number of hydrogen-bond acceptors (Lipinski definition) is 6. The molecule has 0 spiro atoms. The summed E-state index contributed by atoms with van der Waals surface area (Å²) in [4.78, 5) is 0. The van der Waals surface area contributed by atoms with E-state index in [1.165, 1.54) is 23.5 Å². The third-order valence-corrected chi connectivity index (χ3v) is 5.65. The lowest BCUT2D eigenvalue weighted by molar-refractivity contribution is 0.310. The van der Waals surface area contributed by atoms with E-state index in [-0.39, 0.29) is 0 Å². The normalized spacial score (nSPS) is 10.2. The van der Waals surface area contributed by atoms with Crippen molar-refractivity contribution in [3.63, 3.8) is 0 Å². The quantitative estimate of drug-likeness (QED) is 0.455. The molecule has 126 valence electrons. The van der Waals surface area contributed by atoms with E-state index in [4.69, 9.17) is 33.9 Å². The molecule has 0 aliphatic rings. The van der Waals surface area contributed by atoms with Crippen molar-refractivity contribution in [2.75, 3.05) is 11.5 Å². The molecule has 0 aromatic heterocycles. The SMILES string of the molecule is S=C(OCc1ccccc1)SCCSC(=S)OCc1ccccc1. The highest BCUT2D eigenvalue weighted by Crippen LogP contribution is 2.15. The Balaban J connectivity index is 1.52. The molecule has 0 aliphatic carbocycles. The fraction of sp³-hybridized carbons (Fsp3) is 0.222. The van der Waals surface area contributed by atoms with Gasteiger partial charge in [-0.3, -0.25) is 0 Å². The Morgan fingerprint density at radius 2 is 1.04 bits per heavy atom. The Kier molecular flexibility index (Phi) is 9.20. The molecule has 0 saturated heterocycles. The average molecular weight is 395 g/mol. The maximum Gasteiger partial charge on any atom is 0.220 e. The molecule has 0 fully saturated rings. The lowest BCUT2D eigenvalue weighted by Crippen LogP contribution is -2.02. The molecule has 24 heavy (non-hydrogen) atoms. The summed E-state index contributed by atoms with van der Waals surface area (Å²) >= 11 is 13.5. The lowest BCUT2D eigenvalue weighted by Gasteiger charge is -2.08. The molecule has 2 nitrogen and oxygen atoms in total. The van der Waals surface area contributed by atoms with Crippen molar-refractivity contribution in [2.45, 2.75) is 13.2 Å². The Morgan fingerprint density at radius 1 is 0.667 bits per heavy atom. The molecule has 0 aliphatic heterocycles. The zero-order valence-electron chi connectivity index (χ0n) is 13.1. The van der Waals surface area contributed by atoms with Gasteiger partial charge in [0.25, 0.3) is 0 Å². The van der Waals surface area contributed by atoms with Gasteiger partial charge in [0, 0.05) is 11.5 Å². The van der Waals surface area contributed by atoms with Crippen LogP contribution in [0.2, 0.25) is 0 Å². The third kappa shape index (κ3) is 8.15. The van der Waals surface area contributed by atoms with Crippen LogP contribution in [0.5, 0.6) is 0 Å². The molecule has 6 heteroatoms. The number of rotatable bonds is 7. The molecule has 0 radical (unpaired) electrons. The highest BCUT2D eigenvalue weighted by Gasteiger charge is 2.03. The summed E-state index contributed by atoms with van der Waals surface area (Å²) in [6, 6.07) is 20.0. The lowest BCUT2D eigenvalue weighted by atomic mass is 10.2. The smallest absolute Gasteiger partial charge is 0.220 e. The Morgan fingerprint density at radius 3 is 1.42 bits per heavy atom. The first-order chi connectivity index (χ1) is 11.7. The van der Waals surface area contributed by atoms with Crippen molar-refractivity contribution >= 4 is 56.7 Å². The first kappa shape index (κ1) is 19.2. The zero-order valence-corrected chi connectivity index (χ0v) is 16.3. The minimum absolute atomic E-state index is 0.512. The van der Waals surface area contributed by atoms with Crippen LogP contribution >= 0.6 is 48.0 Å². The van der Waals surface area contributed by atoms with Crippen molar-refractivity contribution in [3.8, 4) is 0 Å². The van der Waals surface area contributed by atoms with Crippen molar-refractivity contribution < 1.29 is 9.47 Å². The van der Waals surface area contributed by atoms with Crippen LogP contribution in [0.25, 0.3) is 0 Å². The van der Waals surface area contributed by atoms with Crippen LogP contribution in [0.1, 0.15) is 11.1 Å². The summed E-state index contributed by atoms with van der Waals surface area (Å²) in [5.41, 5.74) is 2.23. The summed E-state index contributed by atoms with van der Waals surface area (Å²) < 4.78 is 12.3. The fourth-order valence-corrected chi connectivity index (χ4v) is 3.67. The minimum Gasteiger partial charge on any atom is -0.474 e. The van der Waals surface area contributed by atoms with Crippen LogP contribution in [0.15, 0.2) is 60.7 Å². The summed E-state index contributed by atoms with van der Waals surface area (Å²) in [5.74, 6) is 1.68. The van der Waals surface area contributed by atoms with Gasteiger partial charge in [-0.15, -0.1) is 0 Å². The van der Waals surface area contributed by atoms with Gasteiger partial charge in [-0.25, -0.2) is 0 Å². The molecular weight excluding hydrogens is 376 g/mol. The minimum atomic E-state index is 0.512. The van der Waals surface area contributed by atoms with Gasteiger partial charge in [0.15, 0.2) is 0 Å². The van der Waals surface area contributed by atoms with E-state index in [9.17, 15) is 0 Å². The summed E-state index contributed by atoms with van der Waals surface area (Å²) in [6.07, 6.45) is 0. The number of thioether (sulfide) groups is 2. The van der Waals surface area contributed by atoms with E-state index in [2.05, 4.69) is 0 Å². The van der Waals surface area contributed by atoms with Crippen LogP contribution in [-0.2, 0) is 22.7 Å². The second kappa shape index (κ2) is 11.5. The van der Waals surface area contributed by atoms with Crippen LogP contribution in [0, 0.1) is 0 Å². The molecule has 0 amide bonds. The molecule has 0 saturated carbocycles. The number of thiocarbonyl (C=S) groups is 2. The molecule has 2 aromatic rings.